The minimum Gasteiger partial charge on any atom is -0.391 e. The monoisotopic (exact) mass is 129 g/mol. The number of aliphatic hydroxyl groups excluding tert-OH is 1. The Morgan fingerprint density at radius 1 is 1.67 bits per heavy atom. The number of carbonyl (C=O) groups is 1. The molecular weight excluding hydrogens is 118 g/mol. The third-order valence-corrected chi connectivity index (χ3v) is 1.70. The zero-order valence-corrected chi connectivity index (χ0v) is 5.42. The second-order valence-electron chi connectivity index (χ2n) is 2.44. The number of ketones is 1. The molecule has 9 heavy (non-hydrogen) atoms. The molecule has 0 aromatic rings. The molecule has 0 aromatic carbocycles. The van der Waals surface area contributed by atoms with E-state index in [-0.39, 0.29) is 11.7 Å². The lowest BCUT2D eigenvalue weighted by atomic mass is 10.0. The Labute approximate surface area is 54.1 Å². The SMILES string of the molecule is CC(=O)[C@@H]1CNC[C@@H]1O. The van der Waals surface area contributed by atoms with Crippen molar-refractivity contribution in [3.8, 4) is 0 Å². The lowest BCUT2D eigenvalue weighted by Gasteiger charge is -2.06. The van der Waals surface area contributed by atoms with E-state index in [0.717, 1.165) is 0 Å². The molecular formula is C6H11NO2. The van der Waals surface area contributed by atoms with E-state index in [1.165, 1.54) is 6.92 Å². The van der Waals surface area contributed by atoms with Gasteiger partial charge in [-0.1, -0.05) is 0 Å². The standard InChI is InChI=1S/C6H11NO2/c1-4(8)5-2-7-3-6(5)9/h5-7,9H,2-3H2,1H3/t5-,6-/m0/s1. The fraction of sp³-hybridized carbons (Fsp3) is 0.833. The number of Topliss-reactive ketones (excluding diaryl/α,β-unsaturated/α-hetero) is 1. The van der Waals surface area contributed by atoms with Crippen LogP contribution in [0.4, 0.5) is 0 Å². The van der Waals surface area contributed by atoms with Crippen LogP contribution in [0.15, 0.2) is 0 Å². The average Bonchev–Trinajstić information content (AvgIpc) is 2.13. The van der Waals surface area contributed by atoms with E-state index in [4.69, 9.17) is 5.11 Å². The molecule has 0 aromatic heterocycles. The third kappa shape index (κ3) is 1.28. The first-order valence-electron chi connectivity index (χ1n) is 3.11. The zero-order chi connectivity index (χ0) is 6.85. The van der Waals surface area contributed by atoms with Crippen molar-refractivity contribution in [2.75, 3.05) is 13.1 Å². The van der Waals surface area contributed by atoms with E-state index in [2.05, 4.69) is 5.32 Å². The summed E-state index contributed by atoms with van der Waals surface area (Å²) in [6.45, 7) is 2.71. The maximum absolute atomic E-state index is 10.7. The van der Waals surface area contributed by atoms with Gasteiger partial charge in [-0.25, -0.2) is 0 Å². The highest BCUT2D eigenvalue weighted by Gasteiger charge is 2.28. The molecule has 52 valence electrons. The molecule has 0 spiro atoms. The highest BCUT2D eigenvalue weighted by Crippen LogP contribution is 2.08. The third-order valence-electron chi connectivity index (χ3n) is 1.70. The normalized spacial score (nSPS) is 34.9. The molecule has 2 N–H and O–H groups in total. The van der Waals surface area contributed by atoms with Crippen LogP contribution < -0.4 is 5.32 Å². The van der Waals surface area contributed by atoms with Crippen LogP contribution in [0.1, 0.15) is 6.92 Å². The van der Waals surface area contributed by atoms with Gasteiger partial charge in [-0.3, -0.25) is 4.79 Å². The lowest BCUT2D eigenvalue weighted by molar-refractivity contribution is -0.122. The maximum Gasteiger partial charge on any atom is 0.136 e. The van der Waals surface area contributed by atoms with E-state index in [0.29, 0.717) is 13.1 Å². The smallest absolute Gasteiger partial charge is 0.136 e. The number of hydrogen-bond donors (Lipinski definition) is 2. The van der Waals surface area contributed by atoms with Crippen molar-refractivity contribution in [2.45, 2.75) is 13.0 Å². The number of carbonyl (C=O) groups excluding carboxylic acids is 1. The van der Waals surface area contributed by atoms with Crippen LogP contribution in [0.3, 0.4) is 0 Å². The Hall–Kier alpha value is -0.410. The first kappa shape index (κ1) is 6.71. The molecule has 2 atom stereocenters. The van der Waals surface area contributed by atoms with Crippen molar-refractivity contribution < 1.29 is 9.90 Å². The Balaban J connectivity index is 2.49. The van der Waals surface area contributed by atoms with Crippen molar-refractivity contribution in [3.63, 3.8) is 0 Å². The van der Waals surface area contributed by atoms with Gasteiger partial charge in [-0.2, -0.15) is 0 Å². The van der Waals surface area contributed by atoms with Crippen molar-refractivity contribution in [3.05, 3.63) is 0 Å². The molecule has 0 aliphatic carbocycles. The van der Waals surface area contributed by atoms with Crippen molar-refractivity contribution in [1.82, 2.24) is 5.32 Å². The minimum absolute atomic E-state index is 0.0764. The number of rotatable bonds is 1. The first-order chi connectivity index (χ1) is 4.22. The fourth-order valence-electron chi connectivity index (χ4n) is 1.08. The minimum atomic E-state index is -0.456. The Bertz CT molecular complexity index is 124. The summed E-state index contributed by atoms with van der Waals surface area (Å²) in [5.41, 5.74) is 0. The molecule has 1 fully saturated rings. The highest BCUT2D eigenvalue weighted by atomic mass is 16.3. The molecule has 1 aliphatic rings. The van der Waals surface area contributed by atoms with Crippen molar-refractivity contribution >= 4 is 5.78 Å². The summed E-state index contributed by atoms with van der Waals surface area (Å²) in [6, 6.07) is 0. The van der Waals surface area contributed by atoms with Gasteiger partial charge in [0.1, 0.15) is 5.78 Å². The Morgan fingerprint density at radius 3 is 2.56 bits per heavy atom. The predicted octanol–water partition coefficient (Wildman–Crippen LogP) is -0.844. The Morgan fingerprint density at radius 2 is 2.33 bits per heavy atom. The fourth-order valence-corrected chi connectivity index (χ4v) is 1.08. The van der Waals surface area contributed by atoms with Gasteiger partial charge in [0.15, 0.2) is 0 Å². The predicted molar refractivity (Wildman–Crippen MR) is 33.0 cm³/mol. The maximum atomic E-state index is 10.7. The van der Waals surface area contributed by atoms with E-state index < -0.39 is 6.10 Å². The molecule has 1 heterocycles. The van der Waals surface area contributed by atoms with Gasteiger partial charge in [-0.05, 0) is 6.92 Å². The lowest BCUT2D eigenvalue weighted by Crippen LogP contribution is -2.24. The van der Waals surface area contributed by atoms with E-state index in [9.17, 15) is 4.79 Å². The molecule has 1 saturated heterocycles. The van der Waals surface area contributed by atoms with E-state index >= 15 is 0 Å². The topological polar surface area (TPSA) is 49.3 Å². The van der Waals surface area contributed by atoms with Gasteiger partial charge >= 0.3 is 0 Å². The van der Waals surface area contributed by atoms with E-state index in [1.54, 1.807) is 0 Å². The molecule has 0 unspecified atom stereocenters. The number of aliphatic hydroxyl groups is 1. The van der Waals surface area contributed by atoms with Crippen LogP contribution >= 0.6 is 0 Å². The molecule has 0 radical (unpaired) electrons. The molecule has 1 rings (SSSR count). The summed E-state index contributed by atoms with van der Waals surface area (Å²) >= 11 is 0. The second-order valence-corrected chi connectivity index (χ2v) is 2.44. The molecule has 0 saturated carbocycles. The van der Waals surface area contributed by atoms with Crippen molar-refractivity contribution in [1.29, 1.82) is 0 Å². The van der Waals surface area contributed by atoms with Crippen molar-refractivity contribution in [2.24, 2.45) is 5.92 Å². The van der Waals surface area contributed by atoms with Crippen LogP contribution in [-0.4, -0.2) is 30.1 Å². The summed E-state index contributed by atoms with van der Waals surface area (Å²) in [5, 5.41) is 12.0. The van der Waals surface area contributed by atoms with Crippen LogP contribution in [0.2, 0.25) is 0 Å². The van der Waals surface area contributed by atoms with Crippen LogP contribution in [-0.2, 0) is 4.79 Å². The van der Waals surface area contributed by atoms with Crippen LogP contribution in [0.5, 0.6) is 0 Å². The van der Waals surface area contributed by atoms with Gasteiger partial charge in [0.05, 0.1) is 12.0 Å². The summed E-state index contributed by atoms with van der Waals surface area (Å²) < 4.78 is 0. The Kier molecular flexibility index (Phi) is 1.83. The molecule has 3 heteroatoms. The summed E-state index contributed by atoms with van der Waals surface area (Å²) in [6.07, 6.45) is -0.456. The first-order valence-corrected chi connectivity index (χ1v) is 3.11. The number of β-amino-alcohol motifs (C(OH)–C–C–N with tert-alkyl or cyclic N) is 1. The largest absolute Gasteiger partial charge is 0.391 e. The van der Waals surface area contributed by atoms with Gasteiger partial charge < -0.3 is 10.4 Å². The molecule has 0 bridgehead atoms. The second kappa shape index (κ2) is 2.45. The van der Waals surface area contributed by atoms with E-state index in [1.807, 2.05) is 0 Å². The van der Waals surface area contributed by atoms with Crippen LogP contribution in [0, 0.1) is 5.92 Å². The summed E-state index contributed by atoms with van der Waals surface area (Å²) in [5.74, 6) is -0.0856. The summed E-state index contributed by atoms with van der Waals surface area (Å²) in [7, 11) is 0. The molecule has 3 nitrogen and oxygen atoms in total. The van der Waals surface area contributed by atoms with Gasteiger partial charge in [-0.15, -0.1) is 0 Å². The zero-order valence-electron chi connectivity index (χ0n) is 5.42. The van der Waals surface area contributed by atoms with Gasteiger partial charge in [0, 0.05) is 13.1 Å². The van der Waals surface area contributed by atoms with Gasteiger partial charge in [0.2, 0.25) is 0 Å². The average molecular weight is 129 g/mol. The number of hydrogen-bond acceptors (Lipinski definition) is 3. The molecule has 0 amide bonds. The van der Waals surface area contributed by atoms with Crippen LogP contribution in [0.25, 0.3) is 0 Å². The highest BCUT2D eigenvalue weighted by molar-refractivity contribution is 5.79. The van der Waals surface area contributed by atoms with Gasteiger partial charge in [0.25, 0.3) is 0 Å². The number of nitrogens with one attached hydrogen (secondary N) is 1. The molecule has 1 aliphatic heterocycles. The quantitative estimate of drug-likeness (QED) is 0.485. The summed E-state index contributed by atoms with van der Waals surface area (Å²) in [4.78, 5) is 10.7.